The van der Waals surface area contributed by atoms with Gasteiger partial charge < -0.3 is 9.64 Å². The highest BCUT2D eigenvalue weighted by molar-refractivity contribution is 6.32. The largest absolute Gasteiger partial charge is 0.465 e. The van der Waals surface area contributed by atoms with Gasteiger partial charge in [0, 0.05) is 10.7 Å². The zero-order valence-corrected chi connectivity index (χ0v) is 16.2. The Labute approximate surface area is 163 Å². The lowest BCUT2D eigenvalue weighted by Gasteiger charge is -2.18. The van der Waals surface area contributed by atoms with Crippen molar-refractivity contribution in [2.24, 2.45) is 0 Å². The van der Waals surface area contributed by atoms with Crippen molar-refractivity contribution < 1.29 is 14.3 Å². The van der Waals surface area contributed by atoms with Crippen LogP contribution in [0.4, 0.5) is 0 Å². The summed E-state index contributed by atoms with van der Waals surface area (Å²) in [5, 5.41) is 0.511. The molecule has 0 aliphatic carbocycles. The number of aryl methyl sites for hydroxylation is 1. The van der Waals surface area contributed by atoms with Crippen LogP contribution in [0, 0.1) is 6.92 Å². The van der Waals surface area contributed by atoms with E-state index in [4.69, 9.17) is 16.3 Å². The monoisotopic (exact) mass is 381 g/mol. The van der Waals surface area contributed by atoms with Gasteiger partial charge in [0.15, 0.2) is 0 Å². The molecule has 4 nitrogen and oxygen atoms in total. The molecule has 0 aromatic heterocycles. The van der Waals surface area contributed by atoms with Crippen molar-refractivity contribution in [2.45, 2.75) is 20.4 Å². The first-order chi connectivity index (χ1) is 12.9. The maximum Gasteiger partial charge on any atom is 0.340 e. The fraction of sp³-hybridized carbons (Fsp3) is 0.182. The van der Waals surface area contributed by atoms with E-state index in [0.717, 1.165) is 11.1 Å². The molecule has 0 saturated carbocycles. The van der Waals surface area contributed by atoms with Crippen molar-refractivity contribution in [1.29, 1.82) is 0 Å². The van der Waals surface area contributed by atoms with Crippen LogP contribution in [0.3, 0.4) is 0 Å². The van der Waals surface area contributed by atoms with Gasteiger partial charge >= 0.3 is 5.97 Å². The molecule has 0 fully saturated rings. The molecule has 27 heavy (non-hydrogen) atoms. The third-order valence-corrected chi connectivity index (χ3v) is 4.91. The number of amides is 1. The lowest BCUT2D eigenvalue weighted by atomic mass is 10.0. The molecule has 0 saturated heterocycles. The summed E-state index contributed by atoms with van der Waals surface area (Å²) in [5.41, 5.74) is 3.94. The number of esters is 1. The normalized spacial score (nSPS) is 15.6. The zero-order chi connectivity index (χ0) is 19.6. The maximum absolute atomic E-state index is 13.1. The molecule has 2 aromatic carbocycles. The fourth-order valence-electron chi connectivity index (χ4n) is 3.04. The Morgan fingerprint density at radius 3 is 2.41 bits per heavy atom. The van der Waals surface area contributed by atoms with Crippen LogP contribution in [0.1, 0.15) is 23.6 Å². The zero-order valence-electron chi connectivity index (χ0n) is 15.5. The standard InChI is InChI=1S/C22H20ClNO3/c1-14-8-10-16(11-9-14)13-24-15(2)20(22(26)27-3)18(21(24)25)12-17-6-4-5-7-19(17)23/h4-12H,13H2,1-3H3. The Morgan fingerprint density at radius 2 is 1.78 bits per heavy atom. The van der Waals surface area contributed by atoms with Gasteiger partial charge in [-0.2, -0.15) is 0 Å². The lowest BCUT2D eigenvalue weighted by molar-refractivity contribution is -0.136. The smallest absolute Gasteiger partial charge is 0.340 e. The van der Waals surface area contributed by atoms with E-state index in [2.05, 4.69) is 0 Å². The number of allylic oxidation sites excluding steroid dienone is 1. The molecule has 5 heteroatoms. The number of methoxy groups -OCH3 is 1. The van der Waals surface area contributed by atoms with Gasteiger partial charge in [-0.3, -0.25) is 4.79 Å². The fourth-order valence-corrected chi connectivity index (χ4v) is 3.23. The summed E-state index contributed by atoms with van der Waals surface area (Å²) >= 11 is 6.23. The Morgan fingerprint density at radius 1 is 1.11 bits per heavy atom. The second-order valence-electron chi connectivity index (χ2n) is 6.41. The highest BCUT2D eigenvalue weighted by atomic mass is 35.5. The third kappa shape index (κ3) is 3.81. The quantitative estimate of drug-likeness (QED) is 0.577. The number of halogens is 1. The van der Waals surface area contributed by atoms with Crippen LogP contribution in [-0.2, 0) is 20.9 Å². The average molecular weight is 382 g/mol. The van der Waals surface area contributed by atoms with E-state index in [1.807, 2.05) is 43.3 Å². The van der Waals surface area contributed by atoms with Gasteiger partial charge in [0.1, 0.15) is 0 Å². The van der Waals surface area contributed by atoms with Gasteiger partial charge in [-0.05, 0) is 37.1 Å². The van der Waals surface area contributed by atoms with Crippen molar-refractivity contribution in [1.82, 2.24) is 4.90 Å². The van der Waals surface area contributed by atoms with Gasteiger partial charge in [0.25, 0.3) is 5.91 Å². The number of ether oxygens (including phenoxy) is 1. The van der Waals surface area contributed by atoms with Crippen molar-refractivity contribution in [3.63, 3.8) is 0 Å². The molecule has 0 spiro atoms. The average Bonchev–Trinajstić information content (AvgIpc) is 2.89. The van der Waals surface area contributed by atoms with E-state index in [9.17, 15) is 9.59 Å². The van der Waals surface area contributed by atoms with Gasteiger partial charge in [0.2, 0.25) is 0 Å². The SMILES string of the molecule is COC(=O)C1=C(C)N(Cc2ccc(C)cc2)C(=O)C1=Cc1ccccc1Cl. The van der Waals surface area contributed by atoms with Crippen LogP contribution in [0.2, 0.25) is 5.02 Å². The molecular formula is C22H20ClNO3. The highest BCUT2D eigenvalue weighted by Gasteiger charge is 2.37. The molecule has 3 rings (SSSR count). The molecule has 1 aliphatic rings. The van der Waals surface area contributed by atoms with Crippen molar-refractivity contribution in [2.75, 3.05) is 7.11 Å². The maximum atomic E-state index is 13.1. The van der Waals surface area contributed by atoms with Crippen LogP contribution in [-0.4, -0.2) is 23.9 Å². The van der Waals surface area contributed by atoms with Gasteiger partial charge in [-0.1, -0.05) is 59.6 Å². The number of hydrogen-bond acceptors (Lipinski definition) is 3. The van der Waals surface area contributed by atoms with E-state index < -0.39 is 5.97 Å². The molecular weight excluding hydrogens is 362 g/mol. The summed E-state index contributed by atoms with van der Waals surface area (Å²) in [6.07, 6.45) is 1.65. The van der Waals surface area contributed by atoms with Gasteiger partial charge in [-0.25, -0.2) is 4.79 Å². The third-order valence-electron chi connectivity index (χ3n) is 4.57. The number of nitrogens with zero attached hydrogens (tertiary/aromatic N) is 1. The molecule has 1 amide bonds. The van der Waals surface area contributed by atoms with Crippen molar-refractivity contribution >= 4 is 29.6 Å². The first-order valence-electron chi connectivity index (χ1n) is 8.55. The van der Waals surface area contributed by atoms with Crippen LogP contribution < -0.4 is 0 Å². The molecule has 0 N–H and O–H groups in total. The van der Waals surface area contributed by atoms with Crippen LogP contribution in [0.15, 0.2) is 65.4 Å². The van der Waals surface area contributed by atoms with Crippen LogP contribution in [0.5, 0.6) is 0 Å². The van der Waals surface area contributed by atoms with Crippen molar-refractivity contribution in [3.8, 4) is 0 Å². The topological polar surface area (TPSA) is 46.6 Å². The van der Waals surface area contributed by atoms with E-state index in [-0.39, 0.29) is 11.5 Å². The minimum Gasteiger partial charge on any atom is -0.465 e. The van der Waals surface area contributed by atoms with Crippen molar-refractivity contribution in [3.05, 3.63) is 87.1 Å². The van der Waals surface area contributed by atoms with Gasteiger partial charge in [-0.15, -0.1) is 0 Å². The van der Waals surface area contributed by atoms with E-state index in [1.54, 1.807) is 30.0 Å². The number of carbonyl (C=O) groups excluding carboxylic acids is 2. The molecule has 1 heterocycles. The summed E-state index contributed by atoms with van der Waals surface area (Å²) in [6.45, 7) is 4.15. The number of hydrogen-bond donors (Lipinski definition) is 0. The summed E-state index contributed by atoms with van der Waals surface area (Å²) in [6, 6.07) is 15.1. The van der Waals surface area contributed by atoms with E-state index in [0.29, 0.717) is 28.4 Å². The Kier molecular flexibility index (Phi) is 5.47. The molecule has 1 aliphatic heterocycles. The summed E-state index contributed by atoms with van der Waals surface area (Å²) in [4.78, 5) is 27.1. The minimum absolute atomic E-state index is 0.242. The van der Waals surface area contributed by atoms with E-state index >= 15 is 0 Å². The number of rotatable bonds is 4. The lowest BCUT2D eigenvalue weighted by Crippen LogP contribution is -2.24. The molecule has 0 bridgehead atoms. The Balaban J connectivity index is 2.04. The minimum atomic E-state index is -0.537. The molecule has 0 unspecified atom stereocenters. The summed E-state index contributed by atoms with van der Waals surface area (Å²) in [7, 11) is 1.31. The first-order valence-corrected chi connectivity index (χ1v) is 8.93. The number of benzene rings is 2. The van der Waals surface area contributed by atoms with Crippen LogP contribution >= 0.6 is 11.6 Å². The predicted octanol–water partition coefficient (Wildman–Crippen LogP) is 4.52. The molecule has 2 aromatic rings. The summed E-state index contributed by atoms with van der Waals surface area (Å²) < 4.78 is 4.92. The first kappa shape index (κ1) is 18.9. The van der Waals surface area contributed by atoms with E-state index in [1.165, 1.54) is 7.11 Å². The van der Waals surface area contributed by atoms with Crippen LogP contribution in [0.25, 0.3) is 6.08 Å². The Hall–Kier alpha value is -2.85. The highest BCUT2D eigenvalue weighted by Crippen LogP contribution is 2.33. The summed E-state index contributed by atoms with van der Waals surface area (Å²) in [5.74, 6) is -0.779. The molecule has 0 radical (unpaired) electrons. The molecule has 0 atom stereocenters. The predicted molar refractivity (Wildman–Crippen MR) is 106 cm³/mol. The van der Waals surface area contributed by atoms with Gasteiger partial charge in [0.05, 0.1) is 24.8 Å². The number of carbonyl (C=O) groups is 2. The second kappa shape index (κ2) is 7.80. The Bertz CT molecular complexity index is 958. The molecule has 138 valence electrons. The second-order valence-corrected chi connectivity index (χ2v) is 6.82.